The lowest BCUT2D eigenvalue weighted by atomic mass is 10.1. The lowest BCUT2D eigenvalue weighted by Gasteiger charge is -2.16. The van der Waals surface area contributed by atoms with E-state index in [1.54, 1.807) is 0 Å². The number of para-hydroxylation sites is 1. The number of hydrogen-bond acceptors (Lipinski definition) is 1. The van der Waals surface area contributed by atoms with Gasteiger partial charge in [0.15, 0.2) is 0 Å². The summed E-state index contributed by atoms with van der Waals surface area (Å²) < 4.78 is 1.09. The molecule has 1 N–H and O–H groups in total. The first-order valence-corrected chi connectivity index (χ1v) is 7.08. The highest BCUT2D eigenvalue weighted by atomic mass is 79.9. The number of hydrogen-bond donors (Lipinski definition) is 1. The highest BCUT2D eigenvalue weighted by Gasteiger charge is 2.05. The molecule has 2 rings (SSSR count). The minimum Gasteiger partial charge on any atom is -0.381 e. The molecule has 0 amide bonds. The fourth-order valence-corrected chi connectivity index (χ4v) is 2.39. The second-order valence-electron chi connectivity index (χ2n) is 4.36. The normalized spacial score (nSPS) is 12.2. The van der Waals surface area contributed by atoms with Crippen LogP contribution < -0.4 is 5.32 Å². The first-order valence-electron chi connectivity index (χ1n) is 5.90. The van der Waals surface area contributed by atoms with Gasteiger partial charge in [0, 0.05) is 21.2 Å². The molecule has 18 heavy (non-hydrogen) atoms. The van der Waals surface area contributed by atoms with E-state index in [9.17, 15) is 0 Å². The zero-order valence-electron chi connectivity index (χ0n) is 10.2. The predicted molar refractivity (Wildman–Crippen MR) is 82.4 cm³/mol. The number of anilines is 1. The SMILES string of the molecule is CC(Cc1ccc(Cl)cc1)Nc1ccccc1Br. The molecule has 0 aliphatic heterocycles. The molecule has 0 heterocycles. The van der Waals surface area contributed by atoms with Crippen molar-refractivity contribution in [2.75, 3.05) is 5.32 Å². The Kier molecular flexibility index (Phi) is 4.67. The van der Waals surface area contributed by atoms with Crippen molar-refractivity contribution in [3.63, 3.8) is 0 Å². The molecule has 3 heteroatoms. The Morgan fingerprint density at radius 1 is 1.11 bits per heavy atom. The summed E-state index contributed by atoms with van der Waals surface area (Å²) in [6, 6.07) is 16.5. The molecule has 0 fully saturated rings. The molecule has 2 aromatic rings. The van der Waals surface area contributed by atoms with Crippen molar-refractivity contribution in [3.05, 3.63) is 63.6 Å². The number of benzene rings is 2. The summed E-state index contributed by atoms with van der Waals surface area (Å²) in [5.74, 6) is 0. The van der Waals surface area contributed by atoms with Crippen molar-refractivity contribution in [3.8, 4) is 0 Å². The summed E-state index contributed by atoms with van der Waals surface area (Å²) in [5.41, 5.74) is 2.41. The fourth-order valence-electron chi connectivity index (χ4n) is 1.87. The standard InChI is InChI=1S/C15H15BrClN/c1-11(10-12-6-8-13(17)9-7-12)18-15-5-3-2-4-14(15)16/h2-9,11,18H,10H2,1H3. The maximum Gasteiger partial charge on any atom is 0.0486 e. The van der Waals surface area contributed by atoms with Gasteiger partial charge in [-0.25, -0.2) is 0 Å². The molecule has 0 bridgehead atoms. The molecule has 0 saturated heterocycles. The van der Waals surface area contributed by atoms with Gasteiger partial charge in [-0.05, 0) is 59.1 Å². The number of halogens is 2. The molecule has 2 aromatic carbocycles. The minimum atomic E-state index is 0.366. The lowest BCUT2D eigenvalue weighted by Crippen LogP contribution is -2.18. The summed E-state index contributed by atoms with van der Waals surface area (Å²) in [7, 11) is 0. The van der Waals surface area contributed by atoms with Gasteiger partial charge >= 0.3 is 0 Å². The number of nitrogens with one attached hydrogen (secondary N) is 1. The van der Waals surface area contributed by atoms with Crippen LogP contribution in [0.1, 0.15) is 12.5 Å². The van der Waals surface area contributed by atoms with Gasteiger partial charge in [0.05, 0.1) is 0 Å². The molecular formula is C15H15BrClN. The maximum atomic E-state index is 5.88. The summed E-state index contributed by atoms with van der Waals surface area (Å²) in [6.07, 6.45) is 0.971. The Hall–Kier alpha value is -0.990. The van der Waals surface area contributed by atoms with Gasteiger partial charge in [0.2, 0.25) is 0 Å². The van der Waals surface area contributed by atoms with Crippen molar-refractivity contribution in [2.24, 2.45) is 0 Å². The van der Waals surface area contributed by atoms with Gasteiger partial charge in [-0.1, -0.05) is 35.9 Å². The fraction of sp³-hybridized carbons (Fsp3) is 0.200. The van der Waals surface area contributed by atoms with Crippen LogP contribution in [0.5, 0.6) is 0 Å². The molecule has 94 valence electrons. The zero-order chi connectivity index (χ0) is 13.0. The van der Waals surface area contributed by atoms with Crippen LogP contribution in [0, 0.1) is 0 Å². The summed E-state index contributed by atoms with van der Waals surface area (Å²) in [4.78, 5) is 0. The summed E-state index contributed by atoms with van der Waals surface area (Å²) >= 11 is 9.42. The van der Waals surface area contributed by atoms with E-state index in [0.717, 1.165) is 21.6 Å². The Morgan fingerprint density at radius 3 is 2.44 bits per heavy atom. The molecule has 0 aliphatic rings. The van der Waals surface area contributed by atoms with Crippen molar-refractivity contribution < 1.29 is 0 Å². The van der Waals surface area contributed by atoms with Crippen LogP contribution in [0.2, 0.25) is 5.02 Å². The monoisotopic (exact) mass is 323 g/mol. The maximum absolute atomic E-state index is 5.88. The molecule has 0 aliphatic carbocycles. The van der Waals surface area contributed by atoms with Crippen LogP contribution in [0.25, 0.3) is 0 Å². The van der Waals surface area contributed by atoms with E-state index in [1.807, 2.05) is 30.3 Å². The van der Waals surface area contributed by atoms with E-state index in [4.69, 9.17) is 11.6 Å². The minimum absolute atomic E-state index is 0.366. The summed E-state index contributed by atoms with van der Waals surface area (Å²) in [6.45, 7) is 2.17. The van der Waals surface area contributed by atoms with E-state index >= 15 is 0 Å². The van der Waals surface area contributed by atoms with Crippen molar-refractivity contribution in [2.45, 2.75) is 19.4 Å². The molecule has 0 spiro atoms. The van der Waals surface area contributed by atoms with Gasteiger partial charge in [0.1, 0.15) is 0 Å². The Labute approximate surface area is 121 Å². The summed E-state index contributed by atoms with van der Waals surface area (Å²) in [5, 5.41) is 4.28. The third-order valence-corrected chi connectivity index (χ3v) is 3.67. The molecule has 1 atom stereocenters. The van der Waals surface area contributed by atoms with E-state index < -0.39 is 0 Å². The quantitative estimate of drug-likeness (QED) is 0.820. The van der Waals surface area contributed by atoms with Gasteiger partial charge < -0.3 is 5.32 Å². The van der Waals surface area contributed by atoms with Crippen molar-refractivity contribution >= 4 is 33.2 Å². The highest BCUT2D eigenvalue weighted by molar-refractivity contribution is 9.10. The van der Waals surface area contributed by atoms with Crippen LogP contribution in [-0.2, 0) is 6.42 Å². The molecule has 1 nitrogen and oxygen atoms in total. The molecule has 0 saturated carbocycles. The largest absolute Gasteiger partial charge is 0.381 e. The van der Waals surface area contributed by atoms with Gasteiger partial charge in [-0.3, -0.25) is 0 Å². The Morgan fingerprint density at radius 2 is 1.78 bits per heavy atom. The van der Waals surface area contributed by atoms with Crippen LogP contribution in [-0.4, -0.2) is 6.04 Å². The van der Waals surface area contributed by atoms with Gasteiger partial charge in [-0.15, -0.1) is 0 Å². The van der Waals surface area contributed by atoms with E-state index in [-0.39, 0.29) is 0 Å². The molecule has 0 radical (unpaired) electrons. The average Bonchev–Trinajstić information content (AvgIpc) is 2.35. The molecular weight excluding hydrogens is 310 g/mol. The highest BCUT2D eigenvalue weighted by Crippen LogP contribution is 2.22. The van der Waals surface area contributed by atoms with Gasteiger partial charge in [0.25, 0.3) is 0 Å². The van der Waals surface area contributed by atoms with Crippen LogP contribution in [0.15, 0.2) is 53.0 Å². The lowest BCUT2D eigenvalue weighted by molar-refractivity contribution is 0.789. The van der Waals surface area contributed by atoms with E-state index in [2.05, 4.69) is 46.4 Å². The second kappa shape index (κ2) is 6.26. The van der Waals surface area contributed by atoms with E-state index in [1.165, 1.54) is 5.56 Å². The van der Waals surface area contributed by atoms with Crippen molar-refractivity contribution in [1.29, 1.82) is 0 Å². The topological polar surface area (TPSA) is 12.0 Å². The van der Waals surface area contributed by atoms with Gasteiger partial charge in [-0.2, -0.15) is 0 Å². The third-order valence-electron chi connectivity index (χ3n) is 2.73. The van der Waals surface area contributed by atoms with Crippen LogP contribution in [0.3, 0.4) is 0 Å². The Bertz CT molecular complexity index is 510. The third kappa shape index (κ3) is 3.76. The average molecular weight is 325 g/mol. The first kappa shape index (κ1) is 13.4. The Balaban J connectivity index is 1.99. The van der Waals surface area contributed by atoms with E-state index in [0.29, 0.717) is 6.04 Å². The van der Waals surface area contributed by atoms with Crippen LogP contribution >= 0.6 is 27.5 Å². The molecule has 0 aromatic heterocycles. The predicted octanol–water partition coefficient (Wildman–Crippen LogP) is 5.15. The first-order chi connectivity index (χ1) is 8.65. The second-order valence-corrected chi connectivity index (χ2v) is 5.65. The van der Waals surface area contributed by atoms with Crippen molar-refractivity contribution in [1.82, 2.24) is 0 Å². The van der Waals surface area contributed by atoms with Crippen LogP contribution in [0.4, 0.5) is 5.69 Å². The molecule has 1 unspecified atom stereocenters. The number of rotatable bonds is 4. The smallest absolute Gasteiger partial charge is 0.0486 e. The zero-order valence-corrected chi connectivity index (χ0v) is 12.5.